The zero-order valence-electron chi connectivity index (χ0n) is 12.8. The first-order valence-corrected chi connectivity index (χ1v) is 9.19. The van der Waals surface area contributed by atoms with Crippen LogP contribution in [0, 0.1) is 0 Å². The molecule has 0 spiro atoms. The highest BCUT2D eigenvalue weighted by Gasteiger charge is 2.18. The van der Waals surface area contributed by atoms with Crippen molar-refractivity contribution in [1.29, 1.82) is 0 Å². The molecule has 0 aliphatic carbocycles. The predicted octanol–water partition coefficient (Wildman–Crippen LogP) is 3.30. The van der Waals surface area contributed by atoms with E-state index in [1.54, 1.807) is 12.1 Å². The first-order valence-electron chi connectivity index (χ1n) is 6.95. The Balaban J connectivity index is 2.09. The average molecular weight is 388 g/mol. The minimum Gasteiger partial charge on any atom is -0.465 e. The number of rotatable bonds is 6. The molecule has 0 fully saturated rings. The van der Waals surface area contributed by atoms with Gasteiger partial charge in [0.25, 0.3) is 0 Å². The molecule has 0 saturated carbocycles. The quantitative estimate of drug-likeness (QED) is 0.771. The first-order chi connectivity index (χ1) is 11.3. The monoisotopic (exact) mass is 387 g/mol. The van der Waals surface area contributed by atoms with Crippen molar-refractivity contribution >= 4 is 39.2 Å². The van der Waals surface area contributed by atoms with E-state index in [2.05, 4.69) is 9.46 Å². The molecule has 128 valence electrons. The fourth-order valence-corrected chi connectivity index (χ4v) is 3.38. The van der Waals surface area contributed by atoms with Crippen LogP contribution in [0.25, 0.3) is 0 Å². The summed E-state index contributed by atoms with van der Waals surface area (Å²) in [5.41, 5.74) is 0.952. The lowest BCUT2D eigenvalue weighted by molar-refractivity contribution is 0.0600. The lowest BCUT2D eigenvalue weighted by atomic mass is 10.2. The van der Waals surface area contributed by atoms with Gasteiger partial charge in [-0.3, -0.25) is 0 Å². The van der Waals surface area contributed by atoms with Crippen LogP contribution in [-0.4, -0.2) is 28.0 Å². The molecular weight excluding hydrogens is 373 g/mol. The molecule has 0 atom stereocenters. The van der Waals surface area contributed by atoms with Crippen molar-refractivity contribution in [2.24, 2.45) is 0 Å². The van der Waals surface area contributed by atoms with Crippen molar-refractivity contribution in [2.75, 3.05) is 13.7 Å². The normalized spacial score (nSPS) is 11.3. The van der Waals surface area contributed by atoms with Gasteiger partial charge in [0.1, 0.15) is 0 Å². The summed E-state index contributed by atoms with van der Waals surface area (Å²) in [5, 5.41) is 0.748. The number of nitrogens with one attached hydrogen (secondary N) is 1. The second kappa shape index (κ2) is 7.98. The highest BCUT2D eigenvalue weighted by Crippen LogP contribution is 2.21. The third-order valence-corrected chi connectivity index (χ3v) is 5.31. The van der Waals surface area contributed by atoms with Gasteiger partial charge in [-0.2, -0.15) is 0 Å². The summed E-state index contributed by atoms with van der Waals surface area (Å²) in [7, 11) is -2.56. The average Bonchev–Trinajstić information content (AvgIpc) is 2.56. The van der Waals surface area contributed by atoms with Crippen LogP contribution in [-0.2, 0) is 21.2 Å². The van der Waals surface area contributed by atoms with E-state index >= 15 is 0 Å². The smallest absolute Gasteiger partial charge is 0.339 e. The van der Waals surface area contributed by atoms with E-state index in [9.17, 15) is 13.2 Å². The second-order valence-corrected chi connectivity index (χ2v) is 7.52. The Kier molecular flexibility index (Phi) is 6.23. The minimum absolute atomic E-state index is 0.000238. The lowest BCUT2D eigenvalue weighted by Gasteiger charge is -2.09. The number of carbonyl (C=O) groups excluding carboxylic acids is 1. The molecule has 8 heteroatoms. The first kappa shape index (κ1) is 18.7. The van der Waals surface area contributed by atoms with Crippen molar-refractivity contribution in [2.45, 2.75) is 11.3 Å². The van der Waals surface area contributed by atoms with Gasteiger partial charge in [0, 0.05) is 11.6 Å². The number of esters is 1. The van der Waals surface area contributed by atoms with Crippen LogP contribution in [0.3, 0.4) is 0 Å². The molecule has 2 aromatic rings. The van der Waals surface area contributed by atoms with E-state index in [0.29, 0.717) is 11.4 Å². The number of hydrogen-bond acceptors (Lipinski definition) is 4. The number of sulfonamides is 1. The van der Waals surface area contributed by atoms with Gasteiger partial charge in [-0.25, -0.2) is 17.9 Å². The van der Waals surface area contributed by atoms with E-state index in [-0.39, 0.29) is 22.0 Å². The van der Waals surface area contributed by atoms with E-state index < -0.39 is 16.0 Å². The van der Waals surface area contributed by atoms with Crippen LogP contribution in [0.2, 0.25) is 10.0 Å². The van der Waals surface area contributed by atoms with Gasteiger partial charge < -0.3 is 4.74 Å². The largest absolute Gasteiger partial charge is 0.465 e. The number of carbonyl (C=O) groups is 1. The zero-order chi connectivity index (χ0) is 17.7. The molecule has 0 saturated heterocycles. The summed E-state index contributed by atoms with van der Waals surface area (Å²) in [4.78, 5) is 11.6. The Labute approximate surface area is 150 Å². The van der Waals surface area contributed by atoms with Crippen molar-refractivity contribution in [3.8, 4) is 0 Å². The van der Waals surface area contributed by atoms with E-state index in [1.807, 2.05) is 12.1 Å². The molecule has 2 rings (SSSR count). The number of methoxy groups -OCH3 is 1. The molecule has 2 aromatic carbocycles. The van der Waals surface area contributed by atoms with Crippen molar-refractivity contribution < 1.29 is 17.9 Å². The fraction of sp³-hybridized carbons (Fsp3) is 0.188. The third-order valence-electron chi connectivity index (χ3n) is 3.27. The molecule has 1 N–H and O–H groups in total. The van der Waals surface area contributed by atoms with Gasteiger partial charge >= 0.3 is 5.97 Å². The molecule has 24 heavy (non-hydrogen) atoms. The molecule has 5 nitrogen and oxygen atoms in total. The number of hydrogen-bond donors (Lipinski definition) is 1. The number of halogens is 2. The van der Waals surface area contributed by atoms with Gasteiger partial charge in [0.2, 0.25) is 10.0 Å². The van der Waals surface area contributed by atoms with E-state index in [1.165, 1.54) is 25.3 Å². The van der Waals surface area contributed by atoms with Gasteiger partial charge in [-0.15, -0.1) is 0 Å². The molecule has 0 aromatic heterocycles. The minimum atomic E-state index is -3.76. The third kappa shape index (κ3) is 4.70. The Morgan fingerprint density at radius 3 is 2.42 bits per heavy atom. The van der Waals surface area contributed by atoms with Gasteiger partial charge in [0.15, 0.2) is 0 Å². The maximum Gasteiger partial charge on any atom is 0.339 e. The van der Waals surface area contributed by atoms with E-state index in [0.717, 1.165) is 5.56 Å². The topological polar surface area (TPSA) is 72.5 Å². The summed E-state index contributed by atoms with van der Waals surface area (Å²) in [6, 6.07) is 11.0. The SMILES string of the molecule is COC(=O)c1cc(S(=O)(=O)NCCc2ccc(Cl)cc2)ccc1Cl. The predicted molar refractivity (Wildman–Crippen MR) is 93.1 cm³/mol. The lowest BCUT2D eigenvalue weighted by Crippen LogP contribution is -2.26. The highest BCUT2D eigenvalue weighted by atomic mass is 35.5. The molecule has 0 radical (unpaired) electrons. The summed E-state index contributed by atoms with van der Waals surface area (Å²) in [5.74, 6) is -0.696. The van der Waals surface area contributed by atoms with Crippen molar-refractivity contribution in [3.63, 3.8) is 0 Å². The van der Waals surface area contributed by atoms with Crippen LogP contribution in [0.1, 0.15) is 15.9 Å². The second-order valence-electron chi connectivity index (χ2n) is 4.91. The van der Waals surface area contributed by atoms with Crippen LogP contribution in [0.15, 0.2) is 47.4 Å². The number of ether oxygens (including phenoxy) is 1. The zero-order valence-corrected chi connectivity index (χ0v) is 15.1. The molecule has 0 amide bonds. The highest BCUT2D eigenvalue weighted by molar-refractivity contribution is 7.89. The molecule has 0 bridgehead atoms. The number of benzene rings is 2. The summed E-state index contributed by atoms with van der Waals surface area (Å²) in [6.07, 6.45) is 0.508. The van der Waals surface area contributed by atoms with Gasteiger partial charge in [-0.05, 0) is 42.3 Å². The summed E-state index contributed by atoms with van der Waals surface area (Å²) in [6.45, 7) is 0.208. The van der Waals surface area contributed by atoms with E-state index in [4.69, 9.17) is 23.2 Å². The molecule has 0 aliphatic rings. The maximum absolute atomic E-state index is 12.3. The van der Waals surface area contributed by atoms with Crippen LogP contribution in [0.4, 0.5) is 0 Å². The Bertz CT molecular complexity index is 836. The Morgan fingerprint density at radius 2 is 1.79 bits per heavy atom. The fourth-order valence-electron chi connectivity index (χ4n) is 2.00. The standard InChI is InChI=1S/C16H15Cl2NO4S/c1-23-16(20)14-10-13(6-7-15(14)18)24(21,22)19-9-8-11-2-4-12(17)5-3-11/h2-7,10,19H,8-9H2,1H3. The van der Waals surface area contributed by atoms with Gasteiger partial charge in [-0.1, -0.05) is 35.3 Å². The summed E-state index contributed by atoms with van der Waals surface area (Å²) < 4.78 is 31.7. The molecular formula is C16H15Cl2NO4S. The molecule has 0 aliphatic heterocycles. The Morgan fingerprint density at radius 1 is 1.12 bits per heavy atom. The van der Waals surface area contributed by atoms with Crippen LogP contribution < -0.4 is 4.72 Å². The van der Waals surface area contributed by atoms with Crippen molar-refractivity contribution in [3.05, 3.63) is 63.6 Å². The molecule has 0 heterocycles. The molecule has 0 unspecified atom stereocenters. The van der Waals surface area contributed by atoms with Gasteiger partial charge in [0.05, 0.1) is 22.6 Å². The summed E-state index contributed by atoms with van der Waals surface area (Å²) >= 11 is 11.7. The maximum atomic E-state index is 12.3. The van der Waals surface area contributed by atoms with Crippen LogP contribution >= 0.6 is 23.2 Å². The Hall–Kier alpha value is -1.60. The van der Waals surface area contributed by atoms with Crippen LogP contribution in [0.5, 0.6) is 0 Å². The van der Waals surface area contributed by atoms with Crippen molar-refractivity contribution in [1.82, 2.24) is 4.72 Å².